The first-order chi connectivity index (χ1) is 16.3. The molecule has 3 heterocycles. The van der Waals surface area contributed by atoms with E-state index in [9.17, 15) is 0 Å². The minimum atomic E-state index is 0.0811. The topological polar surface area (TPSA) is 49.3 Å². The smallest absolute Gasteiger partial charge is 0.193 e. The molecule has 2 atom stereocenters. The number of nitrogens with one attached hydrogen (secondary N) is 1. The molecule has 0 amide bonds. The summed E-state index contributed by atoms with van der Waals surface area (Å²) >= 11 is 0. The van der Waals surface area contributed by atoms with Crippen molar-refractivity contribution in [2.75, 3.05) is 53.0 Å². The minimum absolute atomic E-state index is 0.0811. The summed E-state index contributed by atoms with van der Waals surface area (Å²) in [5, 5.41) is 3.74. The molecule has 3 saturated heterocycles. The molecule has 1 N–H and O–H groups in total. The molecule has 33 heavy (non-hydrogen) atoms. The third kappa shape index (κ3) is 4.93. The second-order valence-electron chi connectivity index (χ2n) is 9.50. The van der Waals surface area contributed by atoms with Gasteiger partial charge in [0, 0.05) is 58.4 Å². The molecular formula is C27H36N4O2. The van der Waals surface area contributed by atoms with Crippen molar-refractivity contribution < 1.29 is 9.47 Å². The van der Waals surface area contributed by atoms with Crippen molar-refractivity contribution in [3.8, 4) is 0 Å². The number of ether oxygens (including phenoxy) is 2. The fourth-order valence-corrected chi connectivity index (χ4v) is 5.65. The van der Waals surface area contributed by atoms with E-state index in [1.54, 1.807) is 0 Å². The van der Waals surface area contributed by atoms with Gasteiger partial charge in [0.05, 0.1) is 18.8 Å². The van der Waals surface area contributed by atoms with Crippen molar-refractivity contribution in [1.82, 2.24) is 15.1 Å². The maximum absolute atomic E-state index is 6.20. The zero-order valence-electron chi connectivity index (χ0n) is 19.7. The number of likely N-dealkylation sites (tertiary alicyclic amines) is 1. The molecule has 3 fully saturated rings. The second-order valence-corrected chi connectivity index (χ2v) is 9.50. The first-order valence-corrected chi connectivity index (χ1v) is 12.3. The van der Waals surface area contributed by atoms with Crippen LogP contribution in [0.4, 0.5) is 0 Å². The lowest BCUT2D eigenvalue weighted by Crippen LogP contribution is -2.50. The Bertz CT molecular complexity index is 914. The zero-order chi connectivity index (χ0) is 22.5. The normalized spacial score (nSPS) is 25.6. The Morgan fingerprint density at radius 3 is 2.45 bits per heavy atom. The lowest BCUT2D eigenvalue weighted by atomic mass is 9.74. The van der Waals surface area contributed by atoms with E-state index in [0.29, 0.717) is 6.04 Å². The summed E-state index contributed by atoms with van der Waals surface area (Å²) in [6.07, 6.45) is 2.28. The molecule has 0 bridgehead atoms. The molecule has 2 aromatic carbocycles. The largest absolute Gasteiger partial charge is 0.381 e. The van der Waals surface area contributed by atoms with Gasteiger partial charge in [-0.3, -0.25) is 9.89 Å². The van der Waals surface area contributed by atoms with Gasteiger partial charge in [-0.25, -0.2) is 0 Å². The highest BCUT2D eigenvalue weighted by Gasteiger charge is 2.42. The van der Waals surface area contributed by atoms with Gasteiger partial charge in [0.1, 0.15) is 0 Å². The number of guanidine groups is 1. The Kier molecular flexibility index (Phi) is 6.95. The van der Waals surface area contributed by atoms with Crippen molar-refractivity contribution >= 4 is 5.96 Å². The Hall–Kier alpha value is -2.41. The van der Waals surface area contributed by atoms with E-state index in [1.807, 2.05) is 7.05 Å². The average molecular weight is 449 g/mol. The molecule has 0 radical (unpaired) electrons. The number of rotatable bonds is 5. The fraction of sp³-hybridized carbons (Fsp3) is 0.519. The van der Waals surface area contributed by atoms with Crippen molar-refractivity contribution in [2.45, 2.75) is 36.9 Å². The minimum Gasteiger partial charge on any atom is -0.381 e. The summed E-state index contributed by atoms with van der Waals surface area (Å²) in [7, 11) is 1.89. The highest BCUT2D eigenvalue weighted by molar-refractivity contribution is 5.80. The van der Waals surface area contributed by atoms with Crippen LogP contribution in [0.1, 0.15) is 24.0 Å². The highest BCUT2D eigenvalue weighted by atomic mass is 16.5. The molecule has 3 aliphatic heterocycles. The monoisotopic (exact) mass is 448 g/mol. The van der Waals surface area contributed by atoms with Gasteiger partial charge in [-0.05, 0) is 24.0 Å². The maximum Gasteiger partial charge on any atom is 0.193 e. The van der Waals surface area contributed by atoms with Crippen LogP contribution in [0.15, 0.2) is 65.7 Å². The summed E-state index contributed by atoms with van der Waals surface area (Å²) in [5.74, 6) is 0.981. The van der Waals surface area contributed by atoms with Gasteiger partial charge in [0.15, 0.2) is 5.96 Å². The predicted octanol–water partition coefficient (Wildman–Crippen LogP) is 2.90. The van der Waals surface area contributed by atoms with Crippen LogP contribution >= 0.6 is 0 Å². The summed E-state index contributed by atoms with van der Waals surface area (Å²) in [6.45, 7) is 7.07. The molecule has 2 aromatic rings. The summed E-state index contributed by atoms with van der Waals surface area (Å²) < 4.78 is 11.9. The molecule has 2 unspecified atom stereocenters. The molecule has 0 spiro atoms. The number of hydrogen-bond acceptors (Lipinski definition) is 4. The van der Waals surface area contributed by atoms with E-state index in [2.05, 4.69) is 80.8 Å². The Balaban J connectivity index is 1.26. The highest BCUT2D eigenvalue weighted by Crippen LogP contribution is 2.34. The molecule has 0 saturated carbocycles. The van der Waals surface area contributed by atoms with Gasteiger partial charge in [0.2, 0.25) is 0 Å². The van der Waals surface area contributed by atoms with Gasteiger partial charge >= 0.3 is 0 Å². The van der Waals surface area contributed by atoms with Crippen LogP contribution < -0.4 is 5.32 Å². The molecule has 6 heteroatoms. The Morgan fingerprint density at radius 2 is 1.73 bits per heavy atom. The lowest BCUT2D eigenvalue weighted by Gasteiger charge is -2.39. The van der Waals surface area contributed by atoms with E-state index in [0.717, 1.165) is 71.3 Å². The standard InChI is InChI=1S/C27H36N4O2/c1-28-26(29-21-27(12-15-32-16-13-27)23-10-6-3-7-11-23)31-19-24-25(20-31)33-17-14-30(24)18-22-8-4-2-5-9-22/h2-11,24-25H,12-21H2,1H3,(H,28,29). The van der Waals surface area contributed by atoms with Crippen LogP contribution in [0.2, 0.25) is 0 Å². The predicted molar refractivity (Wildman–Crippen MR) is 131 cm³/mol. The molecule has 0 aromatic heterocycles. The molecule has 6 nitrogen and oxygen atoms in total. The second kappa shape index (κ2) is 10.2. The third-order valence-corrected chi connectivity index (χ3v) is 7.58. The lowest BCUT2D eigenvalue weighted by molar-refractivity contribution is -0.0502. The third-order valence-electron chi connectivity index (χ3n) is 7.58. The molecule has 0 aliphatic carbocycles. The van der Waals surface area contributed by atoms with E-state index < -0.39 is 0 Å². The van der Waals surface area contributed by atoms with Crippen LogP contribution in [0.3, 0.4) is 0 Å². The molecule has 5 rings (SSSR count). The Morgan fingerprint density at radius 1 is 1.00 bits per heavy atom. The SMILES string of the molecule is CN=C(NCC1(c2ccccc2)CCOCC1)N1CC2OCCN(Cc3ccccc3)C2C1. The Labute approximate surface area is 197 Å². The first-order valence-electron chi connectivity index (χ1n) is 12.3. The van der Waals surface area contributed by atoms with Gasteiger partial charge in [-0.1, -0.05) is 60.7 Å². The van der Waals surface area contributed by atoms with Gasteiger partial charge in [0.25, 0.3) is 0 Å². The first kappa shape index (κ1) is 22.4. The van der Waals surface area contributed by atoms with Gasteiger partial charge in [-0.15, -0.1) is 0 Å². The van der Waals surface area contributed by atoms with Crippen molar-refractivity contribution in [2.24, 2.45) is 4.99 Å². The fourth-order valence-electron chi connectivity index (χ4n) is 5.65. The quantitative estimate of drug-likeness (QED) is 0.563. The summed E-state index contributed by atoms with van der Waals surface area (Å²) in [4.78, 5) is 9.64. The number of aliphatic imine (C=N–C) groups is 1. The van der Waals surface area contributed by atoms with Crippen molar-refractivity contribution in [1.29, 1.82) is 0 Å². The van der Waals surface area contributed by atoms with Crippen molar-refractivity contribution in [3.63, 3.8) is 0 Å². The average Bonchev–Trinajstić information content (AvgIpc) is 3.31. The number of hydrogen-bond donors (Lipinski definition) is 1. The number of fused-ring (bicyclic) bond motifs is 1. The summed E-state index contributed by atoms with van der Waals surface area (Å²) in [6, 6.07) is 22.1. The van der Waals surface area contributed by atoms with Gasteiger partial charge < -0.3 is 19.7 Å². The van der Waals surface area contributed by atoms with Gasteiger partial charge in [-0.2, -0.15) is 0 Å². The van der Waals surface area contributed by atoms with Crippen LogP contribution in [-0.4, -0.2) is 81.0 Å². The van der Waals surface area contributed by atoms with E-state index in [4.69, 9.17) is 9.47 Å². The molecule has 176 valence electrons. The molecule has 3 aliphatic rings. The number of morpholine rings is 1. The van der Waals surface area contributed by atoms with Crippen LogP contribution in [0.5, 0.6) is 0 Å². The van der Waals surface area contributed by atoms with E-state index in [1.165, 1.54) is 11.1 Å². The number of benzene rings is 2. The van der Waals surface area contributed by atoms with Crippen LogP contribution in [0.25, 0.3) is 0 Å². The van der Waals surface area contributed by atoms with Crippen molar-refractivity contribution in [3.05, 3.63) is 71.8 Å². The van der Waals surface area contributed by atoms with Crippen LogP contribution in [-0.2, 0) is 21.4 Å². The van der Waals surface area contributed by atoms with E-state index in [-0.39, 0.29) is 11.5 Å². The van der Waals surface area contributed by atoms with E-state index >= 15 is 0 Å². The molecular weight excluding hydrogens is 412 g/mol. The maximum atomic E-state index is 6.20. The summed E-state index contributed by atoms with van der Waals surface area (Å²) in [5.41, 5.74) is 2.84. The van der Waals surface area contributed by atoms with Crippen LogP contribution in [0, 0.1) is 0 Å². The number of nitrogens with zero attached hydrogens (tertiary/aromatic N) is 3. The zero-order valence-corrected chi connectivity index (χ0v) is 19.7.